The predicted molar refractivity (Wildman–Crippen MR) is 206 cm³/mol. The minimum absolute atomic E-state index is 0.0214. The highest BCUT2D eigenvalue weighted by atomic mass is 16.7. The van der Waals surface area contributed by atoms with Crippen LogP contribution in [0.1, 0.15) is 174 Å². The second-order valence-electron chi connectivity index (χ2n) is 14.1. The molecule has 1 rings (SSSR count). The van der Waals surface area contributed by atoms with Crippen LogP contribution in [0, 0.1) is 0 Å². The number of carbonyl (C=O) groups is 2. The molecule has 50 heavy (non-hydrogen) atoms. The van der Waals surface area contributed by atoms with Gasteiger partial charge in [0.2, 0.25) is 0 Å². The van der Waals surface area contributed by atoms with Crippen LogP contribution in [0.2, 0.25) is 0 Å². The number of nitrogens with zero attached hydrogens (tertiary/aromatic N) is 1. The summed E-state index contributed by atoms with van der Waals surface area (Å²) in [6.07, 6.45) is 26.3. The maximum absolute atomic E-state index is 12.7. The van der Waals surface area contributed by atoms with Gasteiger partial charge in [-0.1, -0.05) is 110 Å². The van der Waals surface area contributed by atoms with Crippen molar-refractivity contribution in [2.45, 2.75) is 180 Å². The third kappa shape index (κ3) is 23.0. The topological polar surface area (TPSA) is 134 Å². The third-order valence-electron chi connectivity index (χ3n) is 9.62. The van der Waals surface area contributed by atoms with Crippen molar-refractivity contribution in [3.05, 3.63) is 20.4 Å². The van der Waals surface area contributed by atoms with Gasteiger partial charge in [-0.15, -0.1) is 0 Å². The molecule has 0 radical (unpaired) electrons. The lowest BCUT2D eigenvalue weighted by molar-refractivity contribution is -0.150. The van der Waals surface area contributed by atoms with E-state index in [1.807, 2.05) is 0 Å². The molecular weight excluding hydrogens is 634 g/mol. The van der Waals surface area contributed by atoms with Gasteiger partial charge < -0.3 is 30.1 Å². The average Bonchev–Trinajstić information content (AvgIpc) is 3.10. The molecule has 0 bridgehead atoms. The monoisotopic (exact) mass is 708 g/mol. The fourth-order valence-corrected chi connectivity index (χ4v) is 6.55. The van der Waals surface area contributed by atoms with Crippen LogP contribution >= 0.6 is 0 Å². The van der Waals surface area contributed by atoms with E-state index in [0.717, 1.165) is 110 Å². The van der Waals surface area contributed by atoms with Gasteiger partial charge in [-0.3, -0.25) is 14.4 Å². The summed E-state index contributed by atoms with van der Waals surface area (Å²) < 4.78 is 10.6. The molecule has 0 amide bonds. The summed E-state index contributed by atoms with van der Waals surface area (Å²) in [5.41, 5.74) is -0.151. The summed E-state index contributed by atoms with van der Waals surface area (Å²) in [5.74, 6) is -0.0214. The number of carbonyl (C=O) groups excluding carboxylic acids is 1. The molecule has 10 heteroatoms. The molecule has 0 atom stereocenters. The highest BCUT2D eigenvalue weighted by molar-refractivity contribution is 5.73. The van der Waals surface area contributed by atoms with E-state index in [1.54, 1.807) is 7.05 Å². The Balaban J connectivity index is 2.36. The van der Waals surface area contributed by atoms with Gasteiger partial charge in [0.25, 0.3) is 10.9 Å². The zero-order valence-electron chi connectivity index (χ0n) is 32.1. The molecular formula is C40H73N3O7. The Hall–Kier alpha value is -2.62. The zero-order chi connectivity index (χ0) is 36.7. The molecule has 0 aliphatic heterocycles. The number of hydrogen-bond donors (Lipinski definition) is 3. The lowest BCUT2D eigenvalue weighted by Gasteiger charge is -2.23. The zero-order valence-corrected chi connectivity index (χ0v) is 32.1. The summed E-state index contributed by atoms with van der Waals surface area (Å²) in [6.45, 7) is 8.21. The number of esters is 1. The van der Waals surface area contributed by atoms with Crippen LogP contribution in [0.15, 0.2) is 9.59 Å². The molecule has 0 fully saturated rings. The van der Waals surface area contributed by atoms with E-state index in [9.17, 15) is 19.2 Å². The Morgan fingerprint density at radius 1 is 0.640 bits per heavy atom. The van der Waals surface area contributed by atoms with Crippen LogP contribution < -0.4 is 21.5 Å². The van der Waals surface area contributed by atoms with Crippen molar-refractivity contribution >= 4 is 23.5 Å². The summed E-state index contributed by atoms with van der Waals surface area (Å²) in [6, 6.07) is 0. The molecule has 0 spiro atoms. The fraction of sp³-hybridized carbons (Fsp3) is 0.850. The van der Waals surface area contributed by atoms with Crippen LogP contribution in [0.4, 0.5) is 16.2 Å². The SMILES string of the molecule is CCCCCCCCC(CCCCCCCC)OC(=O)CCCCCCCN(CCCCCCOC(=O)O)CCCNc1c(NC)c(=O)c1=O. The Labute approximate surface area is 303 Å². The minimum Gasteiger partial charge on any atom is -0.462 e. The molecule has 10 nitrogen and oxygen atoms in total. The molecule has 0 unspecified atom stereocenters. The molecule has 290 valence electrons. The number of rotatable bonds is 36. The van der Waals surface area contributed by atoms with Crippen molar-refractivity contribution in [3.63, 3.8) is 0 Å². The minimum atomic E-state index is -1.22. The summed E-state index contributed by atoms with van der Waals surface area (Å²) in [5, 5.41) is 14.5. The molecule has 0 aromatic heterocycles. The molecule has 0 aliphatic rings. The molecule has 1 aromatic carbocycles. The van der Waals surface area contributed by atoms with Gasteiger partial charge >= 0.3 is 12.1 Å². The predicted octanol–water partition coefficient (Wildman–Crippen LogP) is 9.44. The normalized spacial score (nSPS) is 11.5. The average molecular weight is 708 g/mol. The van der Waals surface area contributed by atoms with Crippen LogP contribution in [-0.4, -0.2) is 68.1 Å². The Morgan fingerprint density at radius 3 is 1.68 bits per heavy atom. The smallest absolute Gasteiger partial charge is 0.462 e. The second-order valence-corrected chi connectivity index (χ2v) is 14.1. The van der Waals surface area contributed by atoms with E-state index in [0.29, 0.717) is 24.3 Å². The van der Waals surface area contributed by atoms with E-state index in [-0.39, 0.29) is 18.7 Å². The van der Waals surface area contributed by atoms with E-state index < -0.39 is 17.0 Å². The van der Waals surface area contributed by atoms with Crippen LogP contribution in [0.3, 0.4) is 0 Å². The molecule has 0 aliphatic carbocycles. The number of nitrogens with one attached hydrogen (secondary N) is 2. The number of ether oxygens (including phenoxy) is 2. The van der Waals surface area contributed by atoms with Gasteiger partial charge in [-0.25, -0.2) is 4.79 Å². The Kier molecular flexibility index (Phi) is 28.3. The van der Waals surface area contributed by atoms with Gasteiger partial charge in [-0.2, -0.15) is 0 Å². The van der Waals surface area contributed by atoms with Gasteiger partial charge in [0.15, 0.2) is 0 Å². The third-order valence-corrected chi connectivity index (χ3v) is 9.62. The van der Waals surface area contributed by atoms with Crippen LogP contribution in [0.25, 0.3) is 0 Å². The van der Waals surface area contributed by atoms with Crippen LogP contribution in [-0.2, 0) is 14.3 Å². The second kappa shape index (κ2) is 31.1. The van der Waals surface area contributed by atoms with Crippen molar-refractivity contribution in [1.82, 2.24) is 4.90 Å². The number of unbranched alkanes of at least 4 members (excludes halogenated alkanes) is 17. The summed E-state index contributed by atoms with van der Waals surface area (Å²) in [7, 11) is 1.65. The highest BCUT2D eigenvalue weighted by Gasteiger charge is 2.19. The van der Waals surface area contributed by atoms with Crippen LogP contribution in [0.5, 0.6) is 0 Å². The molecule has 0 heterocycles. The van der Waals surface area contributed by atoms with Crippen molar-refractivity contribution in [2.75, 3.05) is 50.5 Å². The van der Waals surface area contributed by atoms with Gasteiger partial charge in [0.05, 0.1) is 6.61 Å². The van der Waals surface area contributed by atoms with Crippen molar-refractivity contribution in [2.24, 2.45) is 0 Å². The lowest BCUT2D eigenvalue weighted by atomic mass is 10.0. The highest BCUT2D eigenvalue weighted by Crippen LogP contribution is 2.19. The quantitative estimate of drug-likeness (QED) is 0.0352. The summed E-state index contributed by atoms with van der Waals surface area (Å²) >= 11 is 0. The standard InChI is InChI=1S/C40H73N3O7/c1-4-6-8-10-13-19-26-34(27-20-14-11-9-7-5-2)50-35(44)28-21-15-12-16-22-30-43(31-23-17-18-24-33-49-40(47)48)32-25-29-42-37-36(41-3)38(45)39(37)46/h34,41-42H,4-33H2,1-3H3,(H,47,48). The maximum Gasteiger partial charge on any atom is 0.505 e. The first kappa shape index (κ1) is 45.4. The Bertz CT molecular complexity index is 1040. The first-order chi connectivity index (χ1) is 24.3. The van der Waals surface area contributed by atoms with E-state index in [1.165, 1.54) is 64.2 Å². The molecule has 1 aromatic rings. The summed E-state index contributed by atoms with van der Waals surface area (Å²) in [4.78, 5) is 49.2. The van der Waals surface area contributed by atoms with E-state index in [2.05, 4.69) is 34.1 Å². The molecule has 3 N–H and O–H groups in total. The van der Waals surface area contributed by atoms with Gasteiger partial charge in [-0.05, 0) is 77.4 Å². The Morgan fingerprint density at radius 2 is 1.12 bits per heavy atom. The van der Waals surface area contributed by atoms with Crippen molar-refractivity contribution in [1.29, 1.82) is 0 Å². The number of carboxylic acid groups (broad SMARTS) is 1. The van der Waals surface area contributed by atoms with E-state index >= 15 is 0 Å². The van der Waals surface area contributed by atoms with Gasteiger partial charge in [0, 0.05) is 20.0 Å². The first-order valence-electron chi connectivity index (χ1n) is 20.4. The maximum atomic E-state index is 12.7. The largest absolute Gasteiger partial charge is 0.505 e. The van der Waals surface area contributed by atoms with Crippen molar-refractivity contribution in [3.8, 4) is 0 Å². The number of anilines is 2. The van der Waals surface area contributed by atoms with E-state index in [4.69, 9.17) is 9.84 Å². The van der Waals surface area contributed by atoms with Crippen molar-refractivity contribution < 1.29 is 24.2 Å². The molecule has 0 saturated carbocycles. The lowest BCUT2D eigenvalue weighted by Crippen LogP contribution is -2.37. The van der Waals surface area contributed by atoms with Gasteiger partial charge in [0.1, 0.15) is 17.5 Å². The molecule has 0 saturated heterocycles. The fourth-order valence-electron chi connectivity index (χ4n) is 6.55. The number of hydrogen-bond acceptors (Lipinski definition) is 9. The first-order valence-corrected chi connectivity index (χ1v) is 20.4.